The number of aryl methyl sites for hydroxylation is 1. The average Bonchev–Trinajstić information content (AvgIpc) is 3.33. The van der Waals surface area contributed by atoms with Gasteiger partial charge in [0.15, 0.2) is 11.3 Å². The lowest BCUT2D eigenvalue weighted by Crippen LogP contribution is -2.22. The second-order valence-corrected chi connectivity index (χ2v) is 7.31. The normalized spacial score (nSPS) is 11.9. The number of anilines is 1. The van der Waals surface area contributed by atoms with Gasteiger partial charge in [-0.15, -0.1) is 5.10 Å². The molecule has 27 heavy (non-hydrogen) atoms. The molecule has 3 aromatic heterocycles. The minimum absolute atomic E-state index is 0.234. The summed E-state index contributed by atoms with van der Waals surface area (Å²) in [7, 11) is 1.82. The SMILES string of the molecule is Cn1nc(-c2ccccc2)c2c(NC(=O)c3cn(C(C)(C)C)nn3)[nH]nc21. The Morgan fingerprint density at radius 3 is 2.59 bits per heavy atom. The Balaban J connectivity index is 1.70. The van der Waals surface area contributed by atoms with Gasteiger partial charge < -0.3 is 5.32 Å². The Hall–Kier alpha value is -3.49. The molecule has 0 atom stereocenters. The second kappa shape index (κ2) is 6.04. The van der Waals surface area contributed by atoms with Crippen LogP contribution in [0.4, 0.5) is 5.82 Å². The smallest absolute Gasteiger partial charge is 0.279 e. The van der Waals surface area contributed by atoms with Gasteiger partial charge in [0.2, 0.25) is 0 Å². The van der Waals surface area contributed by atoms with Gasteiger partial charge >= 0.3 is 0 Å². The van der Waals surface area contributed by atoms with E-state index < -0.39 is 0 Å². The first-order valence-electron chi connectivity index (χ1n) is 8.55. The minimum Gasteiger partial charge on any atom is -0.305 e. The van der Waals surface area contributed by atoms with Gasteiger partial charge in [-0.1, -0.05) is 35.5 Å². The molecule has 0 bridgehead atoms. The molecule has 0 radical (unpaired) electrons. The Bertz CT molecular complexity index is 1110. The molecule has 0 spiro atoms. The standard InChI is InChI=1S/C18H20N8O/c1-18(2,3)26-10-12(20-24-26)17(27)19-15-13-14(11-8-6-5-7-9-11)23-25(4)16(13)22-21-15/h5-10H,1-4H3,(H2,19,21,22,27). The number of hydrogen-bond donors (Lipinski definition) is 2. The van der Waals surface area contributed by atoms with Gasteiger partial charge in [-0.3, -0.25) is 9.89 Å². The number of aromatic amines is 1. The van der Waals surface area contributed by atoms with E-state index in [0.29, 0.717) is 11.5 Å². The first-order valence-corrected chi connectivity index (χ1v) is 8.55. The van der Waals surface area contributed by atoms with E-state index in [1.165, 1.54) is 0 Å². The molecule has 4 aromatic rings. The fraction of sp³-hybridized carbons (Fsp3) is 0.278. The van der Waals surface area contributed by atoms with Gasteiger partial charge in [0.25, 0.3) is 5.91 Å². The van der Waals surface area contributed by atoms with Crippen LogP contribution >= 0.6 is 0 Å². The maximum Gasteiger partial charge on any atom is 0.279 e. The van der Waals surface area contributed by atoms with Crippen molar-refractivity contribution < 1.29 is 4.79 Å². The molecule has 0 aliphatic heterocycles. The third kappa shape index (κ3) is 2.97. The van der Waals surface area contributed by atoms with Crippen molar-refractivity contribution in [1.82, 2.24) is 35.0 Å². The lowest BCUT2D eigenvalue weighted by Gasteiger charge is -2.17. The van der Waals surface area contributed by atoms with Crippen LogP contribution in [0.3, 0.4) is 0 Å². The van der Waals surface area contributed by atoms with E-state index >= 15 is 0 Å². The van der Waals surface area contributed by atoms with E-state index in [2.05, 4.69) is 30.9 Å². The second-order valence-electron chi connectivity index (χ2n) is 7.31. The summed E-state index contributed by atoms with van der Waals surface area (Å²) < 4.78 is 3.34. The predicted molar refractivity (Wildman–Crippen MR) is 101 cm³/mol. The number of fused-ring (bicyclic) bond motifs is 1. The minimum atomic E-state index is -0.362. The van der Waals surface area contributed by atoms with Crippen molar-refractivity contribution in [3.8, 4) is 11.3 Å². The van der Waals surface area contributed by atoms with Gasteiger partial charge in [0, 0.05) is 12.6 Å². The van der Waals surface area contributed by atoms with Gasteiger partial charge in [-0.25, -0.2) is 9.36 Å². The van der Waals surface area contributed by atoms with Crippen LogP contribution in [0.15, 0.2) is 36.5 Å². The van der Waals surface area contributed by atoms with E-state index in [1.54, 1.807) is 15.6 Å². The Kier molecular flexibility index (Phi) is 3.79. The van der Waals surface area contributed by atoms with Crippen LogP contribution < -0.4 is 5.32 Å². The highest BCUT2D eigenvalue weighted by atomic mass is 16.2. The summed E-state index contributed by atoms with van der Waals surface area (Å²) >= 11 is 0. The number of nitrogens with one attached hydrogen (secondary N) is 2. The van der Waals surface area contributed by atoms with Crippen molar-refractivity contribution in [2.75, 3.05) is 5.32 Å². The van der Waals surface area contributed by atoms with E-state index in [1.807, 2.05) is 58.2 Å². The molecule has 3 heterocycles. The van der Waals surface area contributed by atoms with Crippen LogP contribution in [0.25, 0.3) is 22.3 Å². The number of aromatic nitrogens is 7. The number of benzene rings is 1. The maximum atomic E-state index is 12.6. The number of carbonyl (C=O) groups is 1. The fourth-order valence-corrected chi connectivity index (χ4v) is 2.80. The molecule has 2 N–H and O–H groups in total. The summed E-state index contributed by atoms with van der Waals surface area (Å²) in [6.45, 7) is 5.97. The van der Waals surface area contributed by atoms with E-state index in [9.17, 15) is 4.79 Å². The van der Waals surface area contributed by atoms with Crippen molar-refractivity contribution in [2.45, 2.75) is 26.3 Å². The molecular formula is C18H20N8O. The molecule has 0 fully saturated rings. The summed E-state index contributed by atoms with van der Waals surface area (Å²) in [6.07, 6.45) is 1.63. The summed E-state index contributed by atoms with van der Waals surface area (Å²) in [5.74, 6) is 0.117. The van der Waals surface area contributed by atoms with Crippen LogP contribution in [0.1, 0.15) is 31.3 Å². The number of H-pyrrole nitrogens is 1. The lowest BCUT2D eigenvalue weighted by molar-refractivity contribution is 0.102. The van der Waals surface area contributed by atoms with Gasteiger partial charge in [-0.05, 0) is 20.8 Å². The molecule has 0 aliphatic rings. The Morgan fingerprint density at radius 1 is 1.19 bits per heavy atom. The molecule has 138 valence electrons. The topological polar surface area (TPSA) is 106 Å². The summed E-state index contributed by atoms with van der Waals surface area (Å²) in [6, 6.07) is 9.77. The highest BCUT2D eigenvalue weighted by Crippen LogP contribution is 2.31. The van der Waals surface area contributed by atoms with Crippen LogP contribution in [0.2, 0.25) is 0 Å². The maximum absolute atomic E-state index is 12.6. The number of amides is 1. The van der Waals surface area contributed by atoms with Gasteiger partial charge in [0.1, 0.15) is 11.5 Å². The van der Waals surface area contributed by atoms with Gasteiger partial charge in [0.05, 0.1) is 17.1 Å². The zero-order valence-electron chi connectivity index (χ0n) is 15.6. The van der Waals surface area contributed by atoms with Crippen molar-refractivity contribution in [3.63, 3.8) is 0 Å². The molecule has 4 rings (SSSR count). The largest absolute Gasteiger partial charge is 0.305 e. The fourth-order valence-electron chi connectivity index (χ4n) is 2.80. The molecule has 0 saturated heterocycles. The first kappa shape index (κ1) is 17.0. The quantitative estimate of drug-likeness (QED) is 0.581. The van der Waals surface area contributed by atoms with Crippen LogP contribution in [0, 0.1) is 0 Å². The average molecular weight is 364 g/mol. The van der Waals surface area contributed by atoms with Crippen molar-refractivity contribution in [3.05, 3.63) is 42.2 Å². The number of carbonyl (C=O) groups excluding carboxylic acids is 1. The molecule has 9 nitrogen and oxygen atoms in total. The van der Waals surface area contributed by atoms with Crippen molar-refractivity contribution in [2.24, 2.45) is 7.05 Å². The molecule has 9 heteroatoms. The predicted octanol–water partition coefficient (Wildman–Crippen LogP) is 2.56. The summed E-state index contributed by atoms with van der Waals surface area (Å²) in [5, 5.41) is 23.3. The monoisotopic (exact) mass is 364 g/mol. The van der Waals surface area contributed by atoms with Crippen molar-refractivity contribution >= 4 is 22.8 Å². The zero-order chi connectivity index (χ0) is 19.2. The summed E-state index contributed by atoms with van der Waals surface area (Å²) in [4.78, 5) is 12.6. The third-order valence-corrected chi connectivity index (χ3v) is 4.24. The van der Waals surface area contributed by atoms with E-state index in [0.717, 1.165) is 16.6 Å². The Labute approximate surface area is 155 Å². The van der Waals surface area contributed by atoms with Crippen molar-refractivity contribution in [1.29, 1.82) is 0 Å². The molecule has 1 amide bonds. The zero-order valence-corrected chi connectivity index (χ0v) is 15.6. The number of nitrogens with zero attached hydrogens (tertiary/aromatic N) is 6. The van der Waals surface area contributed by atoms with Crippen LogP contribution in [-0.2, 0) is 12.6 Å². The highest BCUT2D eigenvalue weighted by Gasteiger charge is 2.22. The van der Waals surface area contributed by atoms with Crippen LogP contribution in [0.5, 0.6) is 0 Å². The molecular weight excluding hydrogens is 344 g/mol. The molecule has 0 unspecified atom stereocenters. The van der Waals surface area contributed by atoms with Gasteiger partial charge in [-0.2, -0.15) is 10.2 Å². The summed E-state index contributed by atoms with van der Waals surface area (Å²) in [5.41, 5.74) is 2.32. The molecule has 0 aliphatic carbocycles. The molecule has 1 aromatic carbocycles. The van der Waals surface area contributed by atoms with E-state index in [4.69, 9.17) is 0 Å². The molecule has 0 saturated carbocycles. The number of rotatable bonds is 3. The third-order valence-electron chi connectivity index (χ3n) is 4.24. The number of hydrogen-bond acceptors (Lipinski definition) is 5. The Morgan fingerprint density at radius 2 is 1.93 bits per heavy atom. The highest BCUT2D eigenvalue weighted by molar-refractivity contribution is 6.09. The lowest BCUT2D eigenvalue weighted by atomic mass is 10.1. The first-order chi connectivity index (χ1) is 12.8. The van der Waals surface area contributed by atoms with E-state index in [-0.39, 0.29) is 17.1 Å². The van der Waals surface area contributed by atoms with Crippen LogP contribution in [-0.4, -0.2) is 40.9 Å².